The number of aryl methyl sites for hydroxylation is 2. The molecular weight excluding hydrogens is 419 g/mol. The molecule has 0 aromatic heterocycles. The molecule has 166 valence electrons. The quantitative estimate of drug-likeness (QED) is 0.638. The predicted octanol–water partition coefficient (Wildman–Crippen LogP) is 3.33. The first-order chi connectivity index (χ1) is 14.7. The van der Waals surface area contributed by atoms with Gasteiger partial charge in [0.15, 0.2) is 5.78 Å². The summed E-state index contributed by atoms with van der Waals surface area (Å²) in [7, 11) is -3.75. The highest BCUT2D eigenvalue weighted by Gasteiger charge is 2.28. The normalized spacial score (nSPS) is 15.5. The van der Waals surface area contributed by atoms with Crippen molar-refractivity contribution in [3.8, 4) is 0 Å². The number of amides is 1. The van der Waals surface area contributed by atoms with Crippen molar-refractivity contribution in [2.24, 2.45) is 0 Å². The van der Waals surface area contributed by atoms with Gasteiger partial charge in [0.25, 0.3) is 0 Å². The molecule has 6 nitrogen and oxygen atoms in total. The number of carbonyl (C=O) groups excluding carboxylic acids is 2. The molecule has 0 unspecified atom stereocenters. The Balaban J connectivity index is 1.57. The maximum absolute atomic E-state index is 13.1. The number of benzene rings is 2. The van der Waals surface area contributed by atoms with Gasteiger partial charge >= 0.3 is 0 Å². The molecule has 0 N–H and O–H groups in total. The third kappa shape index (κ3) is 5.57. The van der Waals surface area contributed by atoms with Gasteiger partial charge in [-0.3, -0.25) is 9.59 Å². The number of hydrogen-bond acceptors (Lipinski definition) is 4. The van der Waals surface area contributed by atoms with E-state index in [1.165, 1.54) is 16.4 Å². The van der Waals surface area contributed by atoms with Crippen molar-refractivity contribution < 1.29 is 22.4 Å². The van der Waals surface area contributed by atoms with E-state index in [9.17, 15) is 22.4 Å². The molecule has 2 aromatic rings. The van der Waals surface area contributed by atoms with Crippen molar-refractivity contribution in [2.45, 2.75) is 38.0 Å². The minimum absolute atomic E-state index is 0.0349. The SMILES string of the molecule is Cc1ccc(C(=O)CCC(=O)N2CCCN(S(=O)(=O)c3ccc(F)cc3)CC2)cc1C. The van der Waals surface area contributed by atoms with Crippen LogP contribution >= 0.6 is 0 Å². The molecule has 0 aliphatic carbocycles. The number of sulfonamides is 1. The summed E-state index contributed by atoms with van der Waals surface area (Å²) in [6.45, 7) is 5.07. The van der Waals surface area contributed by atoms with Gasteiger partial charge in [-0.2, -0.15) is 4.31 Å². The van der Waals surface area contributed by atoms with E-state index in [-0.39, 0.29) is 49.1 Å². The summed E-state index contributed by atoms with van der Waals surface area (Å²) < 4.78 is 40.1. The van der Waals surface area contributed by atoms with Gasteiger partial charge in [-0.15, -0.1) is 0 Å². The van der Waals surface area contributed by atoms with E-state index in [4.69, 9.17) is 0 Å². The molecule has 1 heterocycles. The molecule has 1 aliphatic rings. The van der Waals surface area contributed by atoms with E-state index in [1.807, 2.05) is 26.0 Å². The fourth-order valence-electron chi connectivity index (χ4n) is 3.58. The van der Waals surface area contributed by atoms with Gasteiger partial charge in [0.2, 0.25) is 15.9 Å². The first-order valence-corrected chi connectivity index (χ1v) is 11.8. The van der Waals surface area contributed by atoms with E-state index in [1.54, 1.807) is 11.0 Å². The molecule has 2 aromatic carbocycles. The average Bonchev–Trinajstić information content (AvgIpc) is 3.01. The highest BCUT2D eigenvalue weighted by atomic mass is 32.2. The number of hydrogen-bond donors (Lipinski definition) is 0. The maximum Gasteiger partial charge on any atom is 0.243 e. The second-order valence-corrected chi connectivity index (χ2v) is 9.75. The van der Waals surface area contributed by atoms with E-state index in [0.717, 1.165) is 23.3 Å². The minimum Gasteiger partial charge on any atom is -0.341 e. The Morgan fingerprint density at radius 1 is 0.903 bits per heavy atom. The first-order valence-electron chi connectivity index (χ1n) is 10.3. The van der Waals surface area contributed by atoms with Crippen LogP contribution in [0, 0.1) is 19.7 Å². The topological polar surface area (TPSA) is 74.8 Å². The van der Waals surface area contributed by atoms with Crippen molar-refractivity contribution in [1.29, 1.82) is 0 Å². The standard InChI is InChI=1S/C23H27FN2O4S/c1-17-4-5-19(16-18(17)2)22(27)10-11-23(28)25-12-3-13-26(15-14-25)31(29,30)21-8-6-20(24)7-9-21/h4-9,16H,3,10-15H2,1-2H3. The summed E-state index contributed by atoms with van der Waals surface area (Å²) in [5, 5.41) is 0. The Labute approximate surface area is 182 Å². The van der Waals surface area contributed by atoms with Crippen molar-refractivity contribution in [1.82, 2.24) is 9.21 Å². The van der Waals surface area contributed by atoms with Gasteiger partial charge in [-0.05, 0) is 61.7 Å². The fourth-order valence-corrected chi connectivity index (χ4v) is 5.05. The van der Waals surface area contributed by atoms with Gasteiger partial charge in [0.1, 0.15) is 5.82 Å². The van der Waals surface area contributed by atoms with Crippen LogP contribution in [0.3, 0.4) is 0 Å². The van der Waals surface area contributed by atoms with Crippen LogP contribution < -0.4 is 0 Å². The van der Waals surface area contributed by atoms with Crippen LogP contribution in [0.4, 0.5) is 4.39 Å². The lowest BCUT2D eigenvalue weighted by Crippen LogP contribution is -2.37. The average molecular weight is 447 g/mol. The monoisotopic (exact) mass is 446 g/mol. The summed E-state index contributed by atoms with van der Waals surface area (Å²) in [5.74, 6) is -0.730. The predicted molar refractivity (Wildman–Crippen MR) is 116 cm³/mol. The highest BCUT2D eigenvalue weighted by Crippen LogP contribution is 2.19. The number of halogens is 1. The number of nitrogens with zero attached hydrogens (tertiary/aromatic N) is 2. The van der Waals surface area contributed by atoms with Crippen LogP contribution in [0.15, 0.2) is 47.4 Å². The van der Waals surface area contributed by atoms with Gasteiger partial charge < -0.3 is 4.90 Å². The van der Waals surface area contributed by atoms with Crippen molar-refractivity contribution in [2.75, 3.05) is 26.2 Å². The summed E-state index contributed by atoms with van der Waals surface area (Å²) >= 11 is 0. The Bertz CT molecular complexity index is 1070. The summed E-state index contributed by atoms with van der Waals surface area (Å²) in [6.07, 6.45) is 0.711. The highest BCUT2D eigenvalue weighted by molar-refractivity contribution is 7.89. The minimum atomic E-state index is -3.75. The molecule has 0 spiro atoms. The molecule has 1 saturated heterocycles. The molecule has 0 saturated carbocycles. The second kappa shape index (κ2) is 9.70. The summed E-state index contributed by atoms with van der Waals surface area (Å²) in [6, 6.07) is 10.2. The molecule has 1 amide bonds. The van der Waals surface area contributed by atoms with Crippen LogP contribution in [-0.2, 0) is 14.8 Å². The molecule has 8 heteroatoms. The van der Waals surface area contributed by atoms with Crippen molar-refractivity contribution in [3.05, 3.63) is 65.0 Å². The Kier molecular flexibility index (Phi) is 7.23. The summed E-state index contributed by atoms with van der Waals surface area (Å²) in [5.41, 5.74) is 2.74. The number of carbonyl (C=O) groups is 2. The third-order valence-electron chi connectivity index (χ3n) is 5.65. The molecule has 0 atom stereocenters. The van der Waals surface area contributed by atoms with Crippen LogP contribution in [0.2, 0.25) is 0 Å². The molecule has 0 radical (unpaired) electrons. The third-order valence-corrected chi connectivity index (χ3v) is 7.57. The van der Waals surface area contributed by atoms with Crippen LogP contribution in [0.25, 0.3) is 0 Å². The molecule has 3 rings (SSSR count). The lowest BCUT2D eigenvalue weighted by molar-refractivity contribution is -0.131. The van der Waals surface area contributed by atoms with E-state index in [2.05, 4.69) is 0 Å². The molecule has 1 fully saturated rings. The zero-order chi connectivity index (χ0) is 22.6. The molecule has 31 heavy (non-hydrogen) atoms. The fraction of sp³-hybridized carbons (Fsp3) is 0.391. The van der Waals surface area contributed by atoms with Crippen LogP contribution in [-0.4, -0.2) is 55.5 Å². The smallest absolute Gasteiger partial charge is 0.243 e. The van der Waals surface area contributed by atoms with Gasteiger partial charge in [0.05, 0.1) is 4.90 Å². The zero-order valence-electron chi connectivity index (χ0n) is 17.8. The first kappa shape index (κ1) is 23.1. The van der Waals surface area contributed by atoms with E-state index in [0.29, 0.717) is 18.5 Å². The molecule has 1 aliphatic heterocycles. The van der Waals surface area contributed by atoms with Gasteiger partial charge in [-0.1, -0.05) is 12.1 Å². The summed E-state index contributed by atoms with van der Waals surface area (Å²) in [4.78, 5) is 26.7. The van der Waals surface area contributed by atoms with Gasteiger partial charge in [0, 0.05) is 44.6 Å². The zero-order valence-corrected chi connectivity index (χ0v) is 18.6. The van der Waals surface area contributed by atoms with Gasteiger partial charge in [-0.25, -0.2) is 12.8 Å². The van der Waals surface area contributed by atoms with Crippen LogP contribution in [0.5, 0.6) is 0 Å². The Morgan fingerprint density at radius 3 is 2.29 bits per heavy atom. The lowest BCUT2D eigenvalue weighted by Gasteiger charge is -2.22. The lowest BCUT2D eigenvalue weighted by atomic mass is 10.0. The van der Waals surface area contributed by atoms with Crippen LogP contribution in [0.1, 0.15) is 40.7 Å². The molecular formula is C23H27FN2O4S. The number of ketones is 1. The number of rotatable bonds is 6. The second-order valence-electron chi connectivity index (χ2n) is 7.81. The van der Waals surface area contributed by atoms with Crippen molar-refractivity contribution >= 4 is 21.7 Å². The Morgan fingerprint density at radius 2 is 1.61 bits per heavy atom. The van der Waals surface area contributed by atoms with E-state index >= 15 is 0 Å². The Hall–Kier alpha value is -2.58. The van der Waals surface area contributed by atoms with Crippen molar-refractivity contribution in [3.63, 3.8) is 0 Å². The van der Waals surface area contributed by atoms with E-state index < -0.39 is 15.8 Å². The maximum atomic E-state index is 13.1. The number of Topliss-reactive ketones (excluding diaryl/α,β-unsaturated/α-hetero) is 1. The molecule has 0 bridgehead atoms. The largest absolute Gasteiger partial charge is 0.341 e.